The topological polar surface area (TPSA) is 78.9 Å². The summed E-state index contributed by atoms with van der Waals surface area (Å²) in [5, 5.41) is 0. The molecule has 0 aliphatic rings. The SMILES string of the molecule is CC/C=C\C/C=C\C/C=C\CCCCCCCC(=O)O[C@H](COC(=O)CCCCCCC/C=C\CCCCCCCC)COC(=O)CCCCCCCC/C=C\C/C=C\C/C=C\CCCCC. The molecule has 0 heterocycles. The monoisotopic (exact) mass is 933 g/mol. The molecule has 0 N–H and O–H groups in total. The van der Waals surface area contributed by atoms with Crippen molar-refractivity contribution in [1.29, 1.82) is 0 Å². The van der Waals surface area contributed by atoms with Crippen molar-refractivity contribution in [2.45, 2.75) is 271 Å². The molecule has 0 fully saturated rings. The fraction of sp³-hybridized carbons (Fsp3) is 0.721. The van der Waals surface area contributed by atoms with E-state index in [0.717, 1.165) is 122 Å². The van der Waals surface area contributed by atoms with Gasteiger partial charge in [0.1, 0.15) is 13.2 Å². The Hall–Kier alpha value is -3.41. The van der Waals surface area contributed by atoms with Crippen LogP contribution in [-0.4, -0.2) is 37.2 Å². The first-order valence-corrected chi connectivity index (χ1v) is 28.1. The summed E-state index contributed by atoms with van der Waals surface area (Å²) in [5.41, 5.74) is 0. The van der Waals surface area contributed by atoms with Gasteiger partial charge in [0.25, 0.3) is 0 Å². The number of hydrogen-bond acceptors (Lipinski definition) is 6. The lowest BCUT2D eigenvalue weighted by molar-refractivity contribution is -0.167. The molecule has 0 saturated carbocycles. The van der Waals surface area contributed by atoms with Crippen LogP contribution in [0.15, 0.2) is 85.1 Å². The molecule has 0 spiro atoms. The third kappa shape index (κ3) is 53.4. The second kappa shape index (κ2) is 55.2. The van der Waals surface area contributed by atoms with E-state index in [1.165, 1.54) is 103 Å². The van der Waals surface area contributed by atoms with Crippen LogP contribution in [0.1, 0.15) is 265 Å². The number of carbonyl (C=O) groups is 3. The molecular weight excluding hydrogens is 829 g/mol. The molecule has 0 aromatic carbocycles. The molecule has 0 radical (unpaired) electrons. The second-order valence-electron chi connectivity index (χ2n) is 18.5. The van der Waals surface area contributed by atoms with Crippen molar-refractivity contribution in [2.24, 2.45) is 0 Å². The number of carbonyl (C=O) groups excluding carboxylic acids is 3. The van der Waals surface area contributed by atoms with Gasteiger partial charge in [-0.2, -0.15) is 0 Å². The van der Waals surface area contributed by atoms with Crippen LogP contribution in [0.5, 0.6) is 0 Å². The largest absolute Gasteiger partial charge is 0.462 e. The molecule has 0 saturated heterocycles. The van der Waals surface area contributed by atoms with Crippen molar-refractivity contribution in [3.63, 3.8) is 0 Å². The van der Waals surface area contributed by atoms with Gasteiger partial charge in [-0.15, -0.1) is 0 Å². The molecule has 1 atom stereocenters. The number of unbranched alkanes of at least 4 members (excludes halogenated alkanes) is 25. The minimum Gasteiger partial charge on any atom is -0.462 e. The molecule has 67 heavy (non-hydrogen) atoms. The maximum absolute atomic E-state index is 12.8. The Balaban J connectivity index is 4.44. The summed E-state index contributed by atoms with van der Waals surface area (Å²) in [6.45, 7) is 6.47. The maximum atomic E-state index is 12.8. The van der Waals surface area contributed by atoms with Crippen LogP contribution in [0.4, 0.5) is 0 Å². The van der Waals surface area contributed by atoms with Crippen LogP contribution >= 0.6 is 0 Å². The van der Waals surface area contributed by atoms with Crippen molar-refractivity contribution < 1.29 is 28.6 Å². The van der Waals surface area contributed by atoms with Gasteiger partial charge in [0.15, 0.2) is 6.10 Å². The molecule has 0 aromatic heterocycles. The first-order valence-electron chi connectivity index (χ1n) is 28.1. The number of allylic oxidation sites excluding steroid dienone is 14. The summed E-state index contributed by atoms with van der Waals surface area (Å²) in [4.78, 5) is 38.1. The van der Waals surface area contributed by atoms with E-state index in [0.29, 0.717) is 19.3 Å². The van der Waals surface area contributed by atoms with Gasteiger partial charge in [-0.25, -0.2) is 0 Å². The lowest BCUT2D eigenvalue weighted by Crippen LogP contribution is -2.30. The summed E-state index contributed by atoms with van der Waals surface area (Å²) in [7, 11) is 0. The zero-order chi connectivity index (χ0) is 48.6. The second-order valence-corrected chi connectivity index (χ2v) is 18.5. The molecule has 0 rings (SSSR count). The summed E-state index contributed by atoms with van der Waals surface area (Å²) >= 11 is 0. The van der Waals surface area contributed by atoms with Gasteiger partial charge in [0.05, 0.1) is 0 Å². The quantitative estimate of drug-likeness (QED) is 0.0262. The van der Waals surface area contributed by atoms with Gasteiger partial charge < -0.3 is 14.2 Å². The molecular formula is C61H104O6. The van der Waals surface area contributed by atoms with E-state index < -0.39 is 6.10 Å². The molecule has 0 unspecified atom stereocenters. The zero-order valence-corrected chi connectivity index (χ0v) is 43.9. The first-order chi connectivity index (χ1) is 33.0. The van der Waals surface area contributed by atoms with Gasteiger partial charge in [0.2, 0.25) is 0 Å². The van der Waals surface area contributed by atoms with E-state index in [1.54, 1.807) is 0 Å². The summed E-state index contributed by atoms with van der Waals surface area (Å²) in [6.07, 6.45) is 71.3. The van der Waals surface area contributed by atoms with Gasteiger partial charge in [0, 0.05) is 19.3 Å². The number of esters is 3. The average Bonchev–Trinajstić information content (AvgIpc) is 3.33. The predicted molar refractivity (Wildman–Crippen MR) is 288 cm³/mol. The standard InChI is InChI=1S/C61H104O6/c1-4-7-10-13-16-19-22-25-28-29-30-31-34-36-39-42-45-48-51-54-60(63)66-57-58(67-61(64)55-52-49-46-43-40-37-33-27-24-21-18-15-12-9-6-3)56-65-59(62)53-50-47-44-41-38-35-32-26-23-20-17-14-11-8-5-2/h9,12,16,18-19,21,25-28,30-33,58H,4-8,10-11,13-15,17,20,22-24,29,34-57H2,1-3H3/b12-9-,19-16-,21-18-,28-25-,31-30-,32-26-,33-27-/t58-/m1/s1. The minimum atomic E-state index is -0.795. The highest BCUT2D eigenvalue weighted by Crippen LogP contribution is 2.14. The summed E-state index contributed by atoms with van der Waals surface area (Å²) in [6, 6.07) is 0. The van der Waals surface area contributed by atoms with E-state index in [9.17, 15) is 14.4 Å². The minimum absolute atomic E-state index is 0.0924. The van der Waals surface area contributed by atoms with E-state index in [1.807, 2.05) is 0 Å². The first kappa shape index (κ1) is 63.6. The average molecular weight is 933 g/mol. The van der Waals surface area contributed by atoms with Crippen LogP contribution in [0, 0.1) is 0 Å². The third-order valence-corrected chi connectivity index (χ3v) is 11.9. The maximum Gasteiger partial charge on any atom is 0.306 e. The van der Waals surface area contributed by atoms with E-state index >= 15 is 0 Å². The summed E-state index contributed by atoms with van der Waals surface area (Å²) in [5.74, 6) is -0.926. The Morgan fingerprint density at radius 3 is 0.955 bits per heavy atom. The molecule has 0 bridgehead atoms. The van der Waals surface area contributed by atoms with Crippen LogP contribution in [0.2, 0.25) is 0 Å². The number of rotatable bonds is 50. The van der Waals surface area contributed by atoms with Crippen LogP contribution in [0.25, 0.3) is 0 Å². The lowest BCUT2D eigenvalue weighted by atomic mass is 10.1. The van der Waals surface area contributed by atoms with Crippen molar-refractivity contribution in [1.82, 2.24) is 0 Å². The molecule has 384 valence electrons. The van der Waals surface area contributed by atoms with E-state index in [4.69, 9.17) is 14.2 Å². The highest BCUT2D eigenvalue weighted by Gasteiger charge is 2.19. The van der Waals surface area contributed by atoms with Crippen molar-refractivity contribution in [2.75, 3.05) is 13.2 Å². The molecule has 0 amide bonds. The Labute approximate surface area is 414 Å². The Morgan fingerprint density at radius 1 is 0.313 bits per heavy atom. The molecule has 6 heteroatoms. The Kier molecular flexibility index (Phi) is 52.4. The number of ether oxygens (including phenoxy) is 3. The van der Waals surface area contributed by atoms with Gasteiger partial charge in [-0.3, -0.25) is 14.4 Å². The van der Waals surface area contributed by atoms with Crippen LogP contribution < -0.4 is 0 Å². The van der Waals surface area contributed by atoms with Crippen LogP contribution in [-0.2, 0) is 28.6 Å². The van der Waals surface area contributed by atoms with Gasteiger partial charge in [-0.1, -0.05) is 215 Å². The summed E-state index contributed by atoms with van der Waals surface area (Å²) < 4.78 is 16.8. The fourth-order valence-electron chi connectivity index (χ4n) is 7.63. The molecule has 6 nitrogen and oxygen atoms in total. The fourth-order valence-corrected chi connectivity index (χ4v) is 7.63. The predicted octanol–water partition coefficient (Wildman–Crippen LogP) is 18.8. The lowest BCUT2D eigenvalue weighted by Gasteiger charge is -2.18. The van der Waals surface area contributed by atoms with Gasteiger partial charge >= 0.3 is 17.9 Å². The number of hydrogen-bond donors (Lipinski definition) is 0. The molecule has 0 aliphatic heterocycles. The van der Waals surface area contributed by atoms with E-state index in [2.05, 4.69) is 106 Å². The normalized spacial score (nSPS) is 12.7. The highest BCUT2D eigenvalue weighted by atomic mass is 16.6. The van der Waals surface area contributed by atoms with Crippen molar-refractivity contribution in [3.8, 4) is 0 Å². The van der Waals surface area contributed by atoms with Crippen molar-refractivity contribution >= 4 is 17.9 Å². The van der Waals surface area contributed by atoms with Crippen molar-refractivity contribution in [3.05, 3.63) is 85.1 Å². The van der Waals surface area contributed by atoms with Crippen LogP contribution in [0.3, 0.4) is 0 Å². The Morgan fingerprint density at radius 2 is 0.582 bits per heavy atom. The van der Waals surface area contributed by atoms with Gasteiger partial charge in [-0.05, 0) is 116 Å². The Bertz CT molecular complexity index is 1300. The molecule has 0 aliphatic carbocycles. The zero-order valence-electron chi connectivity index (χ0n) is 43.9. The van der Waals surface area contributed by atoms with E-state index in [-0.39, 0.29) is 31.1 Å². The third-order valence-electron chi connectivity index (χ3n) is 11.9. The highest BCUT2D eigenvalue weighted by molar-refractivity contribution is 5.71. The smallest absolute Gasteiger partial charge is 0.306 e. The molecule has 0 aromatic rings.